The van der Waals surface area contributed by atoms with Gasteiger partial charge in [0.1, 0.15) is 5.82 Å². The van der Waals surface area contributed by atoms with Crippen LogP contribution in [0.4, 0.5) is 4.39 Å². The van der Waals surface area contributed by atoms with Crippen LogP contribution in [0.15, 0.2) is 48.5 Å². The van der Waals surface area contributed by atoms with Gasteiger partial charge in [0.2, 0.25) is 0 Å². The van der Waals surface area contributed by atoms with Crippen molar-refractivity contribution in [3.8, 4) is 11.1 Å². The lowest BCUT2D eigenvalue weighted by molar-refractivity contribution is 0.195. The molecule has 3 aromatic rings. The Hall–Kier alpha value is -2.26. The van der Waals surface area contributed by atoms with Crippen LogP contribution in [0.1, 0.15) is 36.9 Å². The van der Waals surface area contributed by atoms with Crippen LogP contribution in [0.25, 0.3) is 22.0 Å². The third kappa shape index (κ3) is 2.80. The van der Waals surface area contributed by atoms with E-state index in [0.29, 0.717) is 12.3 Å². The molecule has 1 saturated carbocycles. The molecule has 3 heteroatoms. The molecule has 2 nitrogen and oxygen atoms in total. The van der Waals surface area contributed by atoms with Crippen molar-refractivity contribution in [2.24, 2.45) is 0 Å². The van der Waals surface area contributed by atoms with Gasteiger partial charge in [-0.3, -0.25) is 4.98 Å². The quantitative estimate of drug-likeness (QED) is 0.746. The number of aromatic nitrogens is 1. The molecule has 0 radical (unpaired) electrons. The maximum Gasteiger partial charge on any atom is 0.123 e. The van der Waals surface area contributed by atoms with Gasteiger partial charge in [-0.05, 0) is 54.7 Å². The van der Waals surface area contributed by atoms with E-state index in [9.17, 15) is 9.50 Å². The third-order valence-electron chi connectivity index (χ3n) is 4.62. The molecule has 1 atom stereocenters. The zero-order valence-corrected chi connectivity index (χ0v) is 13.7. The van der Waals surface area contributed by atoms with Gasteiger partial charge in [0.05, 0.1) is 11.6 Å². The first-order valence-corrected chi connectivity index (χ1v) is 8.49. The van der Waals surface area contributed by atoms with E-state index < -0.39 is 6.10 Å². The number of para-hydroxylation sites is 1. The molecule has 0 spiro atoms. The van der Waals surface area contributed by atoms with E-state index in [-0.39, 0.29) is 5.82 Å². The number of halogens is 1. The van der Waals surface area contributed by atoms with Crippen molar-refractivity contribution < 1.29 is 9.50 Å². The normalized spacial score (nSPS) is 15.6. The summed E-state index contributed by atoms with van der Waals surface area (Å²) in [4.78, 5) is 4.91. The van der Waals surface area contributed by atoms with Gasteiger partial charge in [-0.1, -0.05) is 30.3 Å². The van der Waals surface area contributed by atoms with Crippen LogP contribution in [0, 0.1) is 5.82 Å². The van der Waals surface area contributed by atoms with E-state index in [4.69, 9.17) is 4.98 Å². The first-order chi connectivity index (χ1) is 11.6. The van der Waals surface area contributed by atoms with Gasteiger partial charge >= 0.3 is 0 Å². The predicted octanol–water partition coefficient (Wildman–Crippen LogP) is 4.84. The molecule has 1 heterocycles. The Balaban J connectivity index is 2.04. The second kappa shape index (κ2) is 5.99. The van der Waals surface area contributed by atoms with Gasteiger partial charge in [-0.2, -0.15) is 0 Å². The number of hydrogen-bond acceptors (Lipinski definition) is 2. The highest BCUT2D eigenvalue weighted by atomic mass is 19.1. The Morgan fingerprint density at radius 1 is 1.12 bits per heavy atom. The minimum Gasteiger partial charge on any atom is -0.393 e. The van der Waals surface area contributed by atoms with Crippen molar-refractivity contribution in [1.82, 2.24) is 4.98 Å². The Labute approximate surface area is 141 Å². The van der Waals surface area contributed by atoms with Gasteiger partial charge in [0, 0.05) is 23.4 Å². The number of pyridine rings is 1. The molecular weight excluding hydrogens is 301 g/mol. The second-order valence-electron chi connectivity index (χ2n) is 6.70. The van der Waals surface area contributed by atoms with E-state index in [1.165, 1.54) is 12.1 Å². The molecule has 1 unspecified atom stereocenters. The zero-order valence-electron chi connectivity index (χ0n) is 13.7. The van der Waals surface area contributed by atoms with E-state index in [0.717, 1.165) is 46.1 Å². The van der Waals surface area contributed by atoms with Crippen LogP contribution in [0.3, 0.4) is 0 Å². The minimum atomic E-state index is -0.440. The highest BCUT2D eigenvalue weighted by Crippen LogP contribution is 2.45. The Kier molecular flexibility index (Phi) is 3.81. The summed E-state index contributed by atoms with van der Waals surface area (Å²) in [6.45, 7) is 1.81. The van der Waals surface area contributed by atoms with Gasteiger partial charge in [0.25, 0.3) is 0 Å². The van der Waals surface area contributed by atoms with Crippen LogP contribution in [-0.4, -0.2) is 16.2 Å². The van der Waals surface area contributed by atoms with Crippen molar-refractivity contribution in [2.75, 3.05) is 0 Å². The van der Waals surface area contributed by atoms with Crippen LogP contribution in [-0.2, 0) is 6.42 Å². The topological polar surface area (TPSA) is 33.1 Å². The smallest absolute Gasteiger partial charge is 0.123 e. The molecule has 0 bridgehead atoms. The number of fused-ring (bicyclic) bond motifs is 1. The first-order valence-electron chi connectivity index (χ1n) is 8.49. The monoisotopic (exact) mass is 321 g/mol. The van der Waals surface area contributed by atoms with Crippen molar-refractivity contribution in [3.05, 3.63) is 65.6 Å². The summed E-state index contributed by atoms with van der Waals surface area (Å²) < 4.78 is 13.4. The molecule has 0 aliphatic heterocycles. The van der Waals surface area contributed by atoms with Gasteiger partial charge in [0.15, 0.2) is 0 Å². The first kappa shape index (κ1) is 15.3. The standard InChI is InChI=1S/C21H20FNO/c1-13(24)12-18-20(14-8-10-16(22)11-9-14)17-4-2-3-5-19(17)23-21(18)15-6-7-15/h2-5,8-11,13,15,24H,6-7,12H2,1H3. The lowest BCUT2D eigenvalue weighted by Gasteiger charge is -2.18. The maximum absolute atomic E-state index is 13.4. The number of benzene rings is 2. The average Bonchev–Trinajstić information content (AvgIpc) is 3.40. The molecule has 24 heavy (non-hydrogen) atoms. The minimum absolute atomic E-state index is 0.239. The average molecular weight is 321 g/mol. The van der Waals surface area contributed by atoms with Gasteiger partial charge in [-0.25, -0.2) is 4.39 Å². The molecule has 0 amide bonds. The highest BCUT2D eigenvalue weighted by Gasteiger charge is 2.30. The molecule has 1 aliphatic carbocycles. The Morgan fingerprint density at radius 2 is 1.83 bits per heavy atom. The maximum atomic E-state index is 13.4. The van der Waals surface area contributed by atoms with Crippen LogP contribution < -0.4 is 0 Å². The highest BCUT2D eigenvalue weighted by molar-refractivity contribution is 5.96. The van der Waals surface area contributed by atoms with Crippen LogP contribution >= 0.6 is 0 Å². The van der Waals surface area contributed by atoms with E-state index in [2.05, 4.69) is 6.07 Å². The number of rotatable bonds is 4. The summed E-state index contributed by atoms with van der Waals surface area (Å²) in [6.07, 6.45) is 2.43. The molecule has 0 saturated heterocycles. The van der Waals surface area contributed by atoms with Crippen LogP contribution in [0.2, 0.25) is 0 Å². The summed E-state index contributed by atoms with van der Waals surface area (Å²) in [7, 11) is 0. The predicted molar refractivity (Wildman–Crippen MR) is 94.5 cm³/mol. The van der Waals surface area contributed by atoms with Crippen molar-refractivity contribution in [1.29, 1.82) is 0 Å². The van der Waals surface area contributed by atoms with Gasteiger partial charge in [-0.15, -0.1) is 0 Å². The van der Waals surface area contributed by atoms with E-state index in [1.807, 2.05) is 30.3 Å². The number of aliphatic hydroxyl groups is 1. The fourth-order valence-electron chi connectivity index (χ4n) is 3.41. The number of aliphatic hydroxyl groups excluding tert-OH is 1. The van der Waals surface area contributed by atoms with Crippen LogP contribution in [0.5, 0.6) is 0 Å². The molecule has 2 aromatic carbocycles. The Morgan fingerprint density at radius 3 is 2.50 bits per heavy atom. The summed E-state index contributed by atoms with van der Waals surface area (Å²) in [6, 6.07) is 14.7. The Bertz CT molecular complexity index is 882. The fourth-order valence-corrected chi connectivity index (χ4v) is 3.41. The summed E-state index contributed by atoms with van der Waals surface area (Å²) in [5, 5.41) is 11.1. The van der Waals surface area contributed by atoms with Crippen molar-refractivity contribution >= 4 is 10.9 Å². The largest absolute Gasteiger partial charge is 0.393 e. The van der Waals surface area contributed by atoms with E-state index >= 15 is 0 Å². The fraction of sp³-hybridized carbons (Fsp3) is 0.286. The van der Waals surface area contributed by atoms with Crippen molar-refractivity contribution in [3.63, 3.8) is 0 Å². The molecule has 4 rings (SSSR count). The molecule has 1 N–H and O–H groups in total. The number of nitrogens with zero attached hydrogens (tertiary/aromatic N) is 1. The van der Waals surface area contributed by atoms with Gasteiger partial charge < -0.3 is 5.11 Å². The molecule has 1 fully saturated rings. The zero-order chi connectivity index (χ0) is 16.7. The molecule has 1 aliphatic rings. The number of hydrogen-bond donors (Lipinski definition) is 1. The van der Waals surface area contributed by atoms with E-state index in [1.54, 1.807) is 6.92 Å². The molecule has 1 aromatic heterocycles. The summed E-state index contributed by atoms with van der Waals surface area (Å²) in [5.41, 5.74) is 5.25. The third-order valence-corrected chi connectivity index (χ3v) is 4.62. The SMILES string of the molecule is CC(O)Cc1c(C2CC2)nc2ccccc2c1-c1ccc(F)cc1. The molecule has 122 valence electrons. The molecular formula is C21H20FNO. The lowest BCUT2D eigenvalue weighted by Crippen LogP contribution is -2.10. The summed E-state index contributed by atoms with van der Waals surface area (Å²) >= 11 is 0. The lowest BCUT2D eigenvalue weighted by atomic mass is 9.90. The second-order valence-corrected chi connectivity index (χ2v) is 6.70. The van der Waals surface area contributed by atoms with Crippen molar-refractivity contribution in [2.45, 2.75) is 38.2 Å². The summed E-state index contributed by atoms with van der Waals surface area (Å²) in [5.74, 6) is 0.249.